The van der Waals surface area contributed by atoms with Crippen molar-refractivity contribution in [3.63, 3.8) is 0 Å². The van der Waals surface area contributed by atoms with Crippen molar-refractivity contribution in [3.8, 4) is 0 Å². The Morgan fingerprint density at radius 3 is 2.08 bits per heavy atom. The van der Waals surface area contributed by atoms with Crippen LogP contribution in [0.1, 0.15) is 38.5 Å². The van der Waals surface area contributed by atoms with E-state index in [1.807, 2.05) is 0 Å². The first kappa shape index (κ1) is 8.48. The van der Waals surface area contributed by atoms with Gasteiger partial charge in [0.25, 0.3) is 0 Å². The van der Waals surface area contributed by atoms with Gasteiger partial charge in [0.15, 0.2) is 0 Å². The lowest BCUT2D eigenvalue weighted by atomic mass is 9.67. The summed E-state index contributed by atoms with van der Waals surface area (Å²) >= 11 is 0. The molecule has 0 aromatic rings. The van der Waals surface area contributed by atoms with Crippen LogP contribution in [0.2, 0.25) is 0 Å². The molecule has 2 rings (SSSR count). The van der Waals surface area contributed by atoms with E-state index in [4.69, 9.17) is 0 Å². The molecule has 4 heteroatoms. The summed E-state index contributed by atoms with van der Waals surface area (Å²) in [6.07, 6.45) is 5.76. The zero-order valence-corrected chi connectivity index (χ0v) is 7.74. The largest absolute Gasteiger partial charge is 0.305 e. The summed E-state index contributed by atoms with van der Waals surface area (Å²) in [5.74, 6) is 0. The van der Waals surface area contributed by atoms with Crippen molar-refractivity contribution in [2.75, 3.05) is 0 Å². The molecule has 0 aliphatic heterocycles. The summed E-state index contributed by atoms with van der Waals surface area (Å²) in [7, 11) is -4.23. The fraction of sp³-hybridized carbons (Fsp3) is 1.00. The van der Waals surface area contributed by atoms with E-state index in [1.165, 1.54) is 12.8 Å². The molecule has 12 heavy (non-hydrogen) atoms. The molecule has 0 aromatic heterocycles. The average Bonchev–Trinajstić information content (AvgIpc) is 2.27. The number of rotatable bonds is 1. The molecule has 0 bridgehead atoms. The molecule has 0 aromatic carbocycles. The summed E-state index contributed by atoms with van der Waals surface area (Å²) in [5.41, 5.74) is 0.226. The Morgan fingerprint density at radius 1 is 1.17 bits per heavy atom. The van der Waals surface area contributed by atoms with Crippen LogP contribution in [-0.4, -0.2) is 13.7 Å². The SMILES string of the molecule is O=S(=O)(F)C1CC2(CCCC2)C1. The summed E-state index contributed by atoms with van der Waals surface area (Å²) in [6, 6.07) is 0. The van der Waals surface area contributed by atoms with Crippen LogP contribution in [0.15, 0.2) is 0 Å². The Hall–Kier alpha value is -0.120. The van der Waals surface area contributed by atoms with Crippen LogP contribution in [-0.2, 0) is 10.2 Å². The molecule has 0 radical (unpaired) electrons. The molecule has 2 aliphatic rings. The van der Waals surface area contributed by atoms with Crippen molar-refractivity contribution in [1.82, 2.24) is 0 Å². The fourth-order valence-electron chi connectivity index (χ4n) is 2.64. The topological polar surface area (TPSA) is 34.1 Å². The molecule has 0 N–H and O–H groups in total. The van der Waals surface area contributed by atoms with Gasteiger partial charge in [0.1, 0.15) is 0 Å². The summed E-state index contributed by atoms with van der Waals surface area (Å²) in [6.45, 7) is 0. The molecule has 2 aliphatic carbocycles. The van der Waals surface area contributed by atoms with Crippen LogP contribution in [0, 0.1) is 5.41 Å². The average molecular weight is 192 g/mol. The second kappa shape index (κ2) is 2.44. The van der Waals surface area contributed by atoms with Crippen LogP contribution < -0.4 is 0 Å². The van der Waals surface area contributed by atoms with Gasteiger partial charge in [0, 0.05) is 0 Å². The second-order valence-corrected chi connectivity index (χ2v) is 5.83. The Kier molecular flexibility index (Phi) is 1.72. The van der Waals surface area contributed by atoms with E-state index in [9.17, 15) is 12.3 Å². The van der Waals surface area contributed by atoms with E-state index >= 15 is 0 Å². The second-order valence-electron chi connectivity index (χ2n) is 4.21. The van der Waals surface area contributed by atoms with Crippen LogP contribution in [0.3, 0.4) is 0 Å². The van der Waals surface area contributed by atoms with Crippen molar-refractivity contribution in [3.05, 3.63) is 0 Å². The molecular weight excluding hydrogens is 179 g/mol. The first-order chi connectivity index (χ1) is 5.52. The first-order valence-corrected chi connectivity index (χ1v) is 5.90. The van der Waals surface area contributed by atoms with Gasteiger partial charge >= 0.3 is 10.2 Å². The monoisotopic (exact) mass is 192 g/mol. The van der Waals surface area contributed by atoms with Crippen LogP contribution in [0.25, 0.3) is 0 Å². The molecule has 0 saturated heterocycles. The molecule has 1 spiro atoms. The van der Waals surface area contributed by atoms with Crippen LogP contribution >= 0.6 is 0 Å². The fourth-order valence-corrected chi connectivity index (χ4v) is 3.74. The maximum atomic E-state index is 12.4. The minimum atomic E-state index is -4.23. The molecule has 2 nitrogen and oxygen atoms in total. The molecule has 70 valence electrons. The molecule has 0 atom stereocenters. The van der Waals surface area contributed by atoms with Gasteiger partial charge in [-0.15, -0.1) is 3.89 Å². The maximum absolute atomic E-state index is 12.4. The molecule has 0 unspecified atom stereocenters. The Morgan fingerprint density at radius 2 is 1.67 bits per heavy atom. The van der Waals surface area contributed by atoms with Gasteiger partial charge in [-0.25, -0.2) is 0 Å². The highest BCUT2D eigenvalue weighted by molar-refractivity contribution is 7.87. The third kappa shape index (κ3) is 1.26. The van der Waals surface area contributed by atoms with E-state index in [-0.39, 0.29) is 5.41 Å². The summed E-state index contributed by atoms with van der Waals surface area (Å²) < 4.78 is 33.4. The number of hydrogen-bond donors (Lipinski definition) is 0. The Balaban J connectivity index is 1.99. The quantitative estimate of drug-likeness (QED) is 0.595. The summed E-state index contributed by atoms with van der Waals surface area (Å²) in [5, 5.41) is -0.671. The third-order valence-corrected chi connectivity index (χ3v) is 4.51. The zero-order chi connectivity index (χ0) is 8.82. The molecule has 2 fully saturated rings. The first-order valence-electron chi connectivity index (χ1n) is 4.45. The van der Waals surface area contributed by atoms with E-state index in [2.05, 4.69) is 0 Å². The van der Waals surface area contributed by atoms with Gasteiger partial charge in [-0.2, -0.15) is 8.42 Å². The van der Waals surface area contributed by atoms with E-state index in [0.29, 0.717) is 12.8 Å². The van der Waals surface area contributed by atoms with Crippen LogP contribution in [0.4, 0.5) is 3.89 Å². The normalized spacial score (nSPS) is 29.1. The predicted octanol–water partition coefficient (Wildman–Crippen LogP) is 2.01. The van der Waals surface area contributed by atoms with E-state index < -0.39 is 15.5 Å². The predicted molar refractivity (Wildman–Crippen MR) is 44.0 cm³/mol. The molecule has 0 heterocycles. The summed E-state index contributed by atoms with van der Waals surface area (Å²) in [4.78, 5) is 0. The van der Waals surface area contributed by atoms with Crippen molar-refractivity contribution < 1.29 is 12.3 Å². The number of hydrogen-bond acceptors (Lipinski definition) is 2. The molecular formula is C8H13FO2S. The van der Waals surface area contributed by atoms with Crippen molar-refractivity contribution in [2.45, 2.75) is 43.8 Å². The maximum Gasteiger partial charge on any atom is 0.305 e. The van der Waals surface area contributed by atoms with Gasteiger partial charge in [-0.3, -0.25) is 0 Å². The lowest BCUT2D eigenvalue weighted by Gasteiger charge is -2.43. The van der Waals surface area contributed by atoms with Gasteiger partial charge in [0.05, 0.1) is 5.25 Å². The van der Waals surface area contributed by atoms with Gasteiger partial charge in [0.2, 0.25) is 0 Å². The third-order valence-electron chi connectivity index (χ3n) is 3.38. The highest BCUT2D eigenvalue weighted by atomic mass is 32.3. The van der Waals surface area contributed by atoms with E-state index in [0.717, 1.165) is 12.8 Å². The number of halogens is 1. The lowest BCUT2D eigenvalue weighted by molar-refractivity contribution is 0.145. The van der Waals surface area contributed by atoms with Crippen LogP contribution in [0.5, 0.6) is 0 Å². The Bertz CT molecular complexity index is 269. The van der Waals surface area contributed by atoms with Crippen molar-refractivity contribution >= 4 is 10.2 Å². The highest BCUT2D eigenvalue weighted by Gasteiger charge is 2.50. The van der Waals surface area contributed by atoms with Gasteiger partial charge in [-0.1, -0.05) is 12.8 Å². The standard InChI is InChI=1S/C8H13FO2S/c9-12(10,11)7-5-8(6-7)3-1-2-4-8/h7H,1-6H2. The van der Waals surface area contributed by atoms with Crippen molar-refractivity contribution in [2.24, 2.45) is 5.41 Å². The minimum Gasteiger partial charge on any atom is -0.195 e. The zero-order valence-electron chi connectivity index (χ0n) is 6.92. The van der Waals surface area contributed by atoms with Crippen molar-refractivity contribution in [1.29, 1.82) is 0 Å². The van der Waals surface area contributed by atoms with Gasteiger partial charge in [-0.05, 0) is 31.1 Å². The molecule has 0 amide bonds. The molecule has 2 saturated carbocycles. The highest BCUT2D eigenvalue weighted by Crippen LogP contribution is 2.55. The smallest absolute Gasteiger partial charge is 0.195 e. The minimum absolute atomic E-state index is 0.226. The van der Waals surface area contributed by atoms with Gasteiger partial charge < -0.3 is 0 Å². The lowest BCUT2D eigenvalue weighted by Crippen LogP contribution is -2.42. The Labute approximate surface area is 72.4 Å². The van der Waals surface area contributed by atoms with E-state index in [1.54, 1.807) is 0 Å².